The molecule has 126 valence electrons. The molecule has 4 aromatic rings. The highest BCUT2D eigenvalue weighted by atomic mass is 79.9. The van der Waals surface area contributed by atoms with Crippen molar-refractivity contribution < 1.29 is 0 Å². The van der Waals surface area contributed by atoms with Gasteiger partial charge in [0.05, 0.1) is 5.69 Å². The number of hydrogen-bond acceptors (Lipinski definition) is 2. The second-order valence-corrected chi connectivity index (χ2v) is 6.83. The van der Waals surface area contributed by atoms with Gasteiger partial charge >= 0.3 is 0 Å². The van der Waals surface area contributed by atoms with Crippen molar-refractivity contribution in [1.82, 2.24) is 4.98 Å². The molecule has 0 saturated carbocycles. The van der Waals surface area contributed by atoms with Crippen LogP contribution in [0.4, 0.5) is 11.4 Å². The minimum absolute atomic E-state index is 0.949. The topological polar surface area (TPSA) is 24.9 Å². The molecule has 0 aliphatic heterocycles. The van der Waals surface area contributed by atoms with E-state index in [2.05, 4.69) is 68.7 Å². The van der Waals surface area contributed by atoms with E-state index >= 15 is 0 Å². The molecule has 4 rings (SSSR count). The van der Waals surface area contributed by atoms with Crippen LogP contribution in [-0.2, 0) is 0 Å². The third-order valence-corrected chi connectivity index (χ3v) is 4.88. The first-order chi connectivity index (χ1) is 12.8. The Bertz CT molecular complexity index is 1010. The van der Waals surface area contributed by atoms with Crippen molar-refractivity contribution in [2.45, 2.75) is 0 Å². The van der Waals surface area contributed by atoms with Crippen molar-refractivity contribution in [3.8, 4) is 22.4 Å². The number of rotatable bonds is 4. The maximum atomic E-state index is 4.52. The SMILES string of the molecule is Brc1ccccc1-c1ccc(-c2cc(Nc3ccccc3)ccn2)cc1. The highest BCUT2D eigenvalue weighted by Gasteiger charge is 2.05. The molecule has 0 amide bonds. The molecule has 1 heterocycles. The average Bonchev–Trinajstić information content (AvgIpc) is 2.70. The van der Waals surface area contributed by atoms with Gasteiger partial charge in [-0.05, 0) is 41.5 Å². The summed E-state index contributed by atoms with van der Waals surface area (Å²) >= 11 is 3.62. The molecule has 26 heavy (non-hydrogen) atoms. The number of benzene rings is 3. The first kappa shape index (κ1) is 16.6. The molecule has 0 saturated heterocycles. The summed E-state index contributed by atoms with van der Waals surface area (Å²) in [5, 5.41) is 3.41. The number of para-hydroxylation sites is 1. The summed E-state index contributed by atoms with van der Waals surface area (Å²) in [6.45, 7) is 0. The van der Waals surface area contributed by atoms with E-state index in [0.29, 0.717) is 0 Å². The standard InChI is InChI=1S/C23H17BrN2/c24-22-9-5-4-8-21(22)17-10-12-18(13-11-17)23-16-20(14-15-25-23)26-19-6-2-1-3-7-19/h1-16H,(H,25,26). The van der Waals surface area contributed by atoms with Gasteiger partial charge in [0, 0.05) is 27.6 Å². The lowest BCUT2D eigenvalue weighted by molar-refractivity contribution is 1.32. The summed E-state index contributed by atoms with van der Waals surface area (Å²) in [7, 11) is 0. The Hall–Kier alpha value is -2.91. The molecule has 0 fully saturated rings. The van der Waals surface area contributed by atoms with Crippen LogP contribution in [0.15, 0.2) is 102 Å². The summed E-state index contributed by atoms with van der Waals surface area (Å²) in [5.74, 6) is 0. The van der Waals surface area contributed by atoms with Gasteiger partial charge in [-0.2, -0.15) is 0 Å². The second-order valence-electron chi connectivity index (χ2n) is 5.98. The van der Waals surface area contributed by atoms with Gasteiger partial charge in [-0.25, -0.2) is 0 Å². The lowest BCUT2D eigenvalue weighted by atomic mass is 10.0. The highest BCUT2D eigenvalue weighted by molar-refractivity contribution is 9.10. The third-order valence-electron chi connectivity index (χ3n) is 4.19. The van der Waals surface area contributed by atoms with Crippen molar-refractivity contribution in [2.75, 3.05) is 5.32 Å². The Morgan fingerprint density at radius 2 is 1.35 bits per heavy atom. The van der Waals surface area contributed by atoms with Crippen molar-refractivity contribution >= 4 is 27.3 Å². The van der Waals surface area contributed by atoms with E-state index < -0.39 is 0 Å². The van der Waals surface area contributed by atoms with Gasteiger partial charge < -0.3 is 5.32 Å². The molecule has 0 aliphatic rings. The number of aromatic nitrogens is 1. The van der Waals surface area contributed by atoms with Crippen LogP contribution in [0.3, 0.4) is 0 Å². The van der Waals surface area contributed by atoms with Crippen LogP contribution in [-0.4, -0.2) is 4.98 Å². The normalized spacial score (nSPS) is 10.5. The van der Waals surface area contributed by atoms with Gasteiger partial charge in [-0.3, -0.25) is 4.98 Å². The van der Waals surface area contributed by atoms with Gasteiger partial charge in [0.25, 0.3) is 0 Å². The molecule has 0 radical (unpaired) electrons. The van der Waals surface area contributed by atoms with Gasteiger partial charge in [-0.1, -0.05) is 76.6 Å². The fraction of sp³-hybridized carbons (Fsp3) is 0. The predicted molar refractivity (Wildman–Crippen MR) is 113 cm³/mol. The fourth-order valence-corrected chi connectivity index (χ4v) is 3.38. The average molecular weight is 401 g/mol. The maximum absolute atomic E-state index is 4.52. The third kappa shape index (κ3) is 3.68. The Morgan fingerprint density at radius 3 is 2.12 bits per heavy atom. The number of halogens is 1. The van der Waals surface area contributed by atoms with E-state index in [0.717, 1.165) is 27.1 Å². The Labute approximate surface area is 161 Å². The first-order valence-corrected chi connectivity index (χ1v) is 9.22. The second kappa shape index (κ2) is 7.54. The molecule has 1 aromatic heterocycles. The summed E-state index contributed by atoms with van der Waals surface area (Å²) < 4.78 is 1.10. The van der Waals surface area contributed by atoms with E-state index in [1.54, 1.807) is 0 Å². The largest absolute Gasteiger partial charge is 0.355 e. The molecular weight excluding hydrogens is 384 g/mol. The van der Waals surface area contributed by atoms with E-state index in [4.69, 9.17) is 0 Å². The Kier molecular flexibility index (Phi) is 4.80. The lowest BCUT2D eigenvalue weighted by Gasteiger charge is -2.09. The summed E-state index contributed by atoms with van der Waals surface area (Å²) in [4.78, 5) is 4.52. The van der Waals surface area contributed by atoms with Crippen LogP contribution in [0.1, 0.15) is 0 Å². The predicted octanol–water partition coefficient (Wildman–Crippen LogP) is 6.92. The molecule has 1 N–H and O–H groups in total. The molecule has 0 spiro atoms. The van der Waals surface area contributed by atoms with Gasteiger partial charge in [0.2, 0.25) is 0 Å². The summed E-state index contributed by atoms with van der Waals surface area (Å²) in [6.07, 6.45) is 1.84. The van der Waals surface area contributed by atoms with Crippen molar-refractivity contribution in [3.05, 3.63) is 102 Å². The van der Waals surface area contributed by atoms with Crippen molar-refractivity contribution in [1.29, 1.82) is 0 Å². The molecule has 3 heteroatoms. The van der Waals surface area contributed by atoms with Crippen LogP contribution in [0.5, 0.6) is 0 Å². The number of pyridine rings is 1. The maximum Gasteiger partial charge on any atom is 0.0722 e. The van der Waals surface area contributed by atoms with E-state index in [9.17, 15) is 0 Å². The van der Waals surface area contributed by atoms with Crippen LogP contribution in [0.25, 0.3) is 22.4 Å². The molecular formula is C23H17BrN2. The zero-order chi connectivity index (χ0) is 17.8. The minimum atomic E-state index is 0.949. The van der Waals surface area contributed by atoms with Crippen LogP contribution < -0.4 is 5.32 Å². The lowest BCUT2D eigenvalue weighted by Crippen LogP contribution is -1.92. The minimum Gasteiger partial charge on any atom is -0.355 e. The van der Waals surface area contributed by atoms with E-state index in [1.807, 2.05) is 54.7 Å². The zero-order valence-corrected chi connectivity index (χ0v) is 15.6. The number of nitrogens with one attached hydrogen (secondary N) is 1. The highest BCUT2D eigenvalue weighted by Crippen LogP contribution is 2.30. The zero-order valence-electron chi connectivity index (χ0n) is 14.1. The van der Waals surface area contributed by atoms with Crippen LogP contribution in [0, 0.1) is 0 Å². The Morgan fingerprint density at radius 1 is 0.654 bits per heavy atom. The number of anilines is 2. The Balaban J connectivity index is 1.60. The smallest absolute Gasteiger partial charge is 0.0722 e. The number of hydrogen-bond donors (Lipinski definition) is 1. The van der Waals surface area contributed by atoms with Crippen molar-refractivity contribution in [2.24, 2.45) is 0 Å². The molecule has 0 atom stereocenters. The molecule has 0 bridgehead atoms. The van der Waals surface area contributed by atoms with Gasteiger partial charge in [-0.15, -0.1) is 0 Å². The quantitative estimate of drug-likeness (QED) is 0.401. The van der Waals surface area contributed by atoms with Crippen LogP contribution >= 0.6 is 15.9 Å². The fourth-order valence-electron chi connectivity index (χ4n) is 2.87. The monoisotopic (exact) mass is 400 g/mol. The molecule has 3 aromatic carbocycles. The molecule has 0 unspecified atom stereocenters. The summed E-state index contributed by atoms with van der Waals surface area (Å²) in [6, 6.07) is 30.9. The van der Waals surface area contributed by atoms with Gasteiger partial charge in [0.15, 0.2) is 0 Å². The summed E-state index contributed by atoms with van der Waals surface area (Å²) in [5.41, 5.74) is 6.50. The van der Waals surface area contributed by atoms with Crippen molar-refractivity contribution in [3.63, 3.8) is 0 Å². The van der Waals surface area contributed by atoms with Gasteiger partial charge in [0.1, 0.15) is 0 Å². The molecule has 2 nitrogen and oxygen atoms in total. The van der Waals surface area contributed by atoms with Crippen LogP contribution in [0.2, 0.25) is 0 Å². The first-order valence-electron chi connectivity index (χ1n) is 8.43. The molecule has 0 aliphatic carbocycles. The number of nitrogens with zero attached hydrogens (tertiary/aromatic N) is 1. The van der Waals surface area contributed by atoms with E-state index in [1.165, 1.54) is 11.1 Å². The van der Waals surface area contributed by atoms with E-state index in [-0.39, 0.29) is 0 Å².